The number of nitrogens with zero attached hydrogens (tertiary/aromatic N) is 5. The highest BCUT2D eigenvalue weighted by Crippen LogP contribution is 2.21. The summed E-state index contributed by atoms with van der Waals surface area (Å²) in [7, 11) is 0. The van der Waals surface area contributed by atoms with Crippen LogP contribution in [0.5, 0.6) is 5.75 Å². The fourth-order valence-corrected chi connectivity index (χ4v) is 3.07. The van der Waals surface area contributed by atoms with Crippen molar-refractivity contribution in [2.75, 3.05) is 6.61 Å². The minimum atomic E-state index is -0.194. The average molecular weight is 353 g/mol. The summed E-state index contributed by atoms with van der Waals surface area (Å²) < 4.78 is 13.0. The predicted molar refractivity (Wildman–Crippen MR) is 91.5 cm³/mol. The van der Waals surface area contributed by atoms with Crippen LogP contribution in [0.25, 0.3) is 0 Å². The fourth-order valence-electron chi connectivity index (χ4n) is 3.07. The molecule has 4 rings (SSSR count). The minimum Gasteiger partial charge on any atom is -0.490 e. The molecule has 1 aliphatic heterocycles. The Morgan fingerprint density at radius 3 is 3.08 bits per heavy atom. The van der Waals surface area contributed by atoms with E-state index in [-0.39, 0.29) is 17.7 Å². The average Bonchev–Trinajstić information content (AvgIpc) is 3.26. The van der Waals surface area contributed by atoms with E-state index in [1.165, 1.54) is 0 Å². The number of amides is 1. The van der Waals surface area contributed by atoms with E-state index in [2.05, 4.69) is 15.2 Å². The van der Waals surface area contributed by atoms with Crippen LogP contribution in [-0.2, 0) is 13.1 Å². The van der Waals surface area contributed by atoms with E-state index >= 15 is 0 Å². The van der Waals surface area contributed by atoms with Crippen LogP contribution in [-0.4, -0.2) is 43.4 Å². The summed E-state index contributed by atoms with van der Waals surface area (Å²) in [6.07, 6.45) is 5.84. The van der Waals surface area contributed by atoms with E-state index in [9.17, 15) is 4.79 Å². The lowest BCUT2D eigenvalue weighted by Crippen LogP contribution is -2.42. The lowest BCUT2D eigenvalue weighted by molar-refractivity contribution is 0.0548. The molecule has 8 nitrogen and oxygen atoms in total. The first kappa shape index (κ1) is 16.3. The van der Waals surface area contributed by atoms with Crippen molar-refractivity contribution in [1.29, 1.82) is 0 Å². The summed E-state index contributed by atoms with van der Waals surface area (Å²) in [5.74, 6) is 0.722. The van der Waals surface area contributed by atoms with E-state index in [1.807, 2.05) is 22.9 Å². The van der Waals surface area contributed by atoms with Gasteiger partial charge in [0.2, 0.25) is 5.76 Å². The van der Waals surface area contributed by atoms with Gasteiger partial charge in [-0.25, -0.2) is 0 Å². The predicted octanol–water partition coefficient (Wildman–Crippen LogP) is 2.07. The highest BCUT2D eigenvalue weighted by atomic mass is 16.5. The van der Waals surface area contributed by atoms with Crippen LogP contribution in [0.15, 0.2) is 47.4 Å². The number of carbonyl (C=O) groups is 1. The Labute approximate surface area is 150 Å². The smallest absolute Gasteiger partial charge is 0.293 e. The van der Waals surface area contributed by atoms with Gasteiger partial charge >= 0.3 is 0 Å². The normalized spacial score (nSPS) is 16.8. The number of fused-ring (bicyclic) bond motifs is 1. The molecule has 0 aliphatic carbocycles. The summed E-state index contributed by atoms with van der Waals surface area (Å²) >= 11 is 0. The molecule has 0 saturated carbocycles. The molecule has 3 aromatic rings. The number of rotatable bonds is 4. The van der Waals surface area contributed by atoms with E-state index < -0.39 is 0 Å². The molecule has 1 aliphatic rings. The molecule has 0 unspecified atom stereocenters. The molecule has 0 saturated heterocycles. The summed E-state index contributed by atoms with van der Waals surface area (Å²) in [5.41, 5.74) is 1.66. The van der Waals surface area contributed by atoms with Gasteiger partial charge in [0.1, 0.15) is 12.4 Å². The van der Waals surface area contributed by atoms with Crippen molar-refractivity contribution in [3.8, 4) is 5.75 Å². The molecule has 0 radical (unpaired) electrons. The number of hydrogen-bond acceptors (Lipinski definition) is 6. The Bertz CT molecular complexity index is 889. The van der Waals surface area contributed by atoms with Crippen LogP contribution in [0.4, 0.5) is 0 Å². The summed E-state index contributed by atoms with van der Waals surface area (Å²) in [4.78, 5) is 18.8. The molecular weight excluding hydrogens is 334 g/mol. The van der Waals surface area contributed by atoms with Crippen LogP contribution >= 0.6 is 0 Å². The molecule has 0 spiro atoms. The Morgan fingerprint density at radius 2 is 2.31 bits per heavy atom. The molecule has 3 aromatic heterocycles. The second-order valence-corrected chi connectivity index (χ2v) is 6.25. The molecule has 26 heavy (non-hydrogen) atoms. The van der Waals surface area contributed by atoms with Gasteiger partial charge in [-0.1, -0.05) is 5.16 Å². The third-order valence-corrected chi connectivity index (χ3v) is 4.43. The Hall–Kier alpha value is -3.16. The Morgan fingerprint density at radius 1 is 1.38 bits per heavy atom. The van der Waals surface area contributed by atoms with E-state index in [1.54, 1.807) is 36.5 Å². The molecule has 1 atom stereocenters. The van der Waals surface area contributed by atoms with Gasteiger partial charge < -0.3 is 14.2 Å². The topological polar surface area (TPSA) is 86.3 Å². The number of carbonyl (C=O) groups excluding carboxylic acids is 1. The third-order valence-electron chi connectivity index (χ3n) is 4.43. The second-order valence-electron chi connectivity index (χ2n) is 6.25. The number of aromatic nitrogens is 4. The zero-order valence-corrected chi connectivity index (χ0v) is 14.4. The molecule has 1 amide bonds. The van der Waals surface area contributed by atoms with Crippen molar-refractivity contribution in [3.63, 3.8) is 0 Å². The van der Waals surface area contributed by atoms with Gasteiger partial charge in [0.25, 0.3) is 5.91 Å². The van der Waals surface area contributed by atoms with Crippen molar-refractivity contribution in [2.45, 2.75) is 32.5 Å². The maximum absolute atomic E-state index is 13.0. The van der Waals surface area contributed by atoms with Crippen LogP contribution in [0.1, 0.15) is 28.4 Å². The van der Waals surface area contributed by atoms with Crippen LogP contribution in [0, 0.1) is 6.92 Å². The van der Waals surface area contributed by atoms with Crippen molar-refractivity contribution in [3.05, 3.63) is 60.0 Å². The maximum Gasteiger partial charge on any atom is 0.293 e. The van der Waals surface area contributed by atoms with Gasteiger partial charge in [-0.2, -0.15) is 5.10 Å². The van der Waals surface area contributed by atoms with Gasteiger partial charge in [0.15, 0.2) is 0 Å². The first-order valence-electron chi connectivity index (χ1n) is 8.48. The quantitative estimate of drug-likeness (QED) is 0.714. The van der Waals surface area contributed by atoms with E-state index in [4.69, 9.17) is 9.26 Å². The van der Waals surface area contributed by atoms with E-state index in [0.29, 0.717) is 24.6 Å². The van der Waals surface area contributed by atoms with Crippen molar-refractivity contribution in [1.82, 2.24) is 24.8 Å². The number of pyridine rings is 1. The standard InChI is InChI=1S/C18H19N5O3/c1-13-9-17(26-21-13)18(24)22-11-14-4-7-20-23(14)8-5-15(22)12-25-16-3-2-6-19-10-16/h2-4,6-7,9-10,15H,5,8,11-12H2,1H3/t15-/m1/s1. The van der Waals surface area contributed by atoms with Gasteiger partial charge in [-0.3, -0.25) is 14.5 Å². The molecule has 134 valence electrons. The fraction of sp³-hybridized carbons (Fsp3) is 0.333. The molecule has 0 aromatic carbocycles. The van der Waals surface area contributed by atoms with Crippen molar-refractivity contribution < 1.29 is 14.1 Å². The monoisotopic (exact) mass is 353 g/mol. The first-order chi connectivity index (χ1) is 12.7. The molecule has 0 bridgehead atoms. The van der Waals surface area contributed by atoms with Gasteiger partial charge in [-0.15, -0.1) is 0 Å². The highest BCUT2D eigenvalue weighted by molar-refractivity contribution is 5.91. The highest BCUT2D eigenvalue weighted by Gasteiger charge is 2.31. The SMILES string of the molecule is Cc1cc(C(=O)N2Cc3ccnn3CC[C@@H]2COc2cccnc2)on1. The minimum absolute atomic E-state index is 0.116. The third kappa shape index (κ3) is 3.30. The summed E-state index contributed by atoms with van der Waals surface area (Å²) in [6, 6.07) is 7.13. The summed E-state index contributed by atoms with van der Waals surface area (Å²) in [6.45, 7) is 3.33. The Balaban J connectivity index is 1.57. The van der Waals surface area contributed by atoms with Crippen LogP contribution in [0.3, 0.4) is 0 Å². The molecule has 4 heterocycles. The van der Waals surface area contributed by atoms with E-state index in [0.717, 1.165) is 18.7 Å². The lowest BCUT2D eigenvalue weighted by atomic mass is 10.1. The molecule has 8 heteroatoms. The maximum atomic E-state index is 13.0. The van der Waals surface area contributed by atoms with Crippen LogP contribution in [0.2, 0.25) is 0 Å². The summed E-state index contributed by atoms with van der Waals surface area (Å²) in [5, 5.41) is 8.16. The molecule has 0 fully saturated rings. The van der Waals surface area contributed by atoms with Gasteiger partial charge in [0.05, 0.1) is 30.2 Å². The largest absolute Gasteiger partial charge is 0.490 e. The first-order valence-corrected chi connectivity index (χ1v) is 8.48. The number of ether oxygens (including phenoxy) is 1. The van der Waals surface area contributed by atoms with Gasteiger partial charge in [0, 0.05) is 25.0 Å². The number of aryl methyl sites for hydroxylation is 2. The Kier molecular flexibility index (Phi) is 4.39. The number of hydrogen-bond donors (Lipinski definition) is 0. The second kappa shape index (κ2) is 6.99. The van der Waals surface area contributed by atoms with Crippen molar-refractivity contribution in [2.24, 2.45) is 0 Å². The molecular formula is C18H19N5O3. The van der Waals surface area contributed by atoms with Gasteiger partial charge in [-0.05, 0) is 31.5 Å². The lowest BCUT2D eigenvalue weighted by Gasteiger charge is -2.28. The zero-order chi connectivity index (χ0) is 17.9. The van der Waals surface area contributed by atoms with Crippen molar-refractivity contribution >= 4 is 5.91 Å². The zero-order valence-electron chi connectivity index (χ0n) is 14.4. The molecule has 0 N–H and O–H groups in total. The van der Waals surface area contributed by atoms with Crippen LogP contribution < -0.4 is 4.74 Å².